The van der Waals surface area contributed by atoms with Crippen molar-refractivity contribution in [2.45, 2.75) is 18.9 Å². The molecule has 1 heterocycles. The molecule has 1 atom stereocenters. The second-order valence-electron chi connectivity index (χ2n) is 5.16. The molecule has 102 valence electrons. The van der Waals surface area contributed by atoms with E-state index in [-0.39, 0.29) is 0 Å². The molecule has 3 rings (SSSR count). The van der Waals surface area contributed by atoms with Gasteiger partial charge < -0.3 is 10.4 Å². The molecule has 1 aliphatic heterocycles. The van der Waals surface area contributed by atoms with Crippen molar-refractivity contribution in [3.8, 4) is 11.1 Å². The fraction of sp³-hybridized carbons (Fsp3) is 0.235. The van der Waals surface area contributed by atoms with Crippen LogP contribution in [0.15, 0.2) is 48.5 Å². The Hall–Kier alpha value is -2.13. The number of hydrogen-bond donors (Lipinski definition) is 2. The zero-order valence-electron chi connectivity index (χ0n) is 11.2. The van der Waals surface area contributed by atoms with E-state index in [1.807, 2.05) is 12.1 Å². The summed E-state index contributed by atoms with van der Waals surface area (Å²) < 4.78 is 0. The summed E-state index contributed by atoms with van der Waals surface area (Å²) in [5.41, 5.74) is 3.81. The number of nitrogens with one attached hydrogen (secondary N) is 1. The average Bonchev–Trinajstić information content (AvgIpc) is 3.02. The molecule has 1 aliphatic rings. The smallest absolute Gasteiger partial charge is 0.335 e. The topological polar surface area (TPSA) is 49.3 Å². The SMILES string of the molecule is O=C(O)c1ccc(-c2cccc(C3CCCN3)c2)cc1. The van der Waals surface area contributed by atoms with Gasteiger partial charge in [-0.15, -0.1) is 0 Å². The van der Waals surface area contributed by atoms with E-state index in [1.54, 1.807) is 12.1 Å². The zero-order valence-corrected chi connectivity index (χ0v) is 11.2. The highest BCUT2D eigenvalue weighted by atomic mass is 16.4. The van der Waals surface area contributed by atoms with E-state index < -0.39 is 5.97 Å². The lowest BCUT2D eigenvalue weighted by molar-refractivity contribution is 0.0697. The first-order valence-electron chi connectivity index (χ1n) is 6.91. The quantitative estimate of drug-likeness (QED) is 0.895. The van der Waals surface area contributed by atoms with Crippen LogP contribution in [-0.4, -0.2) is 17.6 Å². The van der Waals surface area contributed by atoms with Crippen LogP contribution >= 0.6 is 0 Å². The minimum Gasteiger partial charge on any atom is -0.478 e. The third kappa shape index (κ3) is 2.58. The maximum atomic E-state index is 10.9. The Morgan fingerprint density at radius 1 is 1.10 bits per heavy atom. The predicted octanol–water partition coefficient (Wildman–Crippen LogP) is 3.48. The van der Waals surface area contributed by atoms with Gasteiger partial charge in [-0.25, -0.2) is 4.79 Å². The largest absolute Gasteiger partial charge is 0.478 e. The van der Waals surface area contributed by atoms with Crippen molar-refractivity contribution in [2.24, 2.45) is 0 Å². The van der Waals surface area contributed by atoms with Gasteiger partial charge >= 0.3 is 5.97 Å². The van der Waals surface area contributed by atoms with Crippen LogP contribution in [0.1, 0.15) is 34.8 Å². The summed E-state index contributed by atoms with van der Waals surface area (Å²) >= 11 is 0. The molecule has 0 amide bonds. The lowest BCUT2D eigenvalue weighted by Gasteiger charge is -2.12. The van der Waals surface area contributed by atoms with Crippen LogP contribution in [0.25, 0.3) is 11.1 Å². The van der Waals surface area contributed by atoms with Crippen LogP contribution in [0.3, 0.4) is 0 Å². The molecular formula is C17H17NO2. The molecule has 3 heteroatoms. The zero-order chi connectivity index (χ0) is 13.9. The molecule has 0 aliphatic carbocycles. The van der Waals surface area contributed by atoms with E-state index >= 15 is 0 Å². The summed E-state index contributed by atoms with van der Waals surface area (Å²) in [5.74, 6) is -0.888. The molecule has 1 saturated heterocycles. The van der Waals surface area contributed by atoms with Gasteiger partial charge in [0, 0.05) is 6.04 Å². The molecule has 0 spiro atoms. The molecule has 1 unspecified atom stereocenters. The summed E-state index contributed by atoms with van der Waals surface area (Å²) in [6.45, 7) is 1.09. The third-order valence-electron chi connectivity index (χ3n) is 3.81. The van der Waals surface area contributed by atoms with Gasteiger partial charge in [0.25, 0.3) is 0 Å². The van der Waals surface area contributed by atoms with Gasteiger partial charge in [-0.3, -0.25) is 0 Å². The van der Waals surface area contributed by atoms with E-state index in [2.05, 4.69) is 29.6 Å². The van der Waals surface area contributed by atoms with Crippen molar-refractivity contribution in [1.82, 2.24) is 5.32 Å². The Kier molecular flexibility index (Phi) is 3.52. The van der Waals surface area contributed by atoms with Crippen molar-refractivity contribution in [1.29, 1.82) is 0 Å². The Labute approximate surface area is 118 Å². The molecule has 3 nitrogen and oxygen atoms in total. The minimum absolute atomic E-state index is 0.322. The highest BCUT2D eigenvalue weighted by Gasteiger charge is 2.16. The van der Waals surface area contributed by atoms with E-state index in [0.717, 1.165) is 17.7 Å². The Morgan fingerprint density at radius 3 is 2.55 bits per heavy atom. The minimum atomic E-state index is -0.888. The Bertz CT molecular complexity index is 613. The fourth-order valence-corrected chi connectivity index (χ4v) is 2.71. The first-order valence-corrected chi connectivity index (χ1v) is 6.91. The van der Waals surface area contributed by atoms with Gasteiger partial charge in [0.2, 0.25) is 0 Å². The van der Waals surface area contributed by atoms with E-state index in [1.165, 1.54) is 18.4 Å². The maximum absolute atomic E-state index is 10.9. The van der Waals surface area contributed by atoms with E-state index in [9.17, 15) is 4.79 Å². The van der Waals surface area contributed by atoms with Gasteiger partial charge in [-0.05, 0) is 54.3 Å². The summed E-state index contributed by atoms with van der Waals surface area (Å²) in [7, 11) is 0. The highest BCUT2D eigenvalue weighted by Crippen LogP contribution is 2.27. The van der Waals surface area contributed by atoms with Crippen LogP contribution in [0.4, 0.5) is 0 Å². The first kappa shape index (κ1) is 12.9. The molecule has 0 radical (unpaired) electrons. The van der Waals surface area contributed by atoms with Crippen molar-refractivity contribution >= 4 is 5.97 Å². The number of carboxylic acids is 1. The predicted molar refractivity (Wildman–Crippen MR) is 78.8 cm³/mol. The van der Waals surface area contributed by atoms with E-state index in [4.69, 9.17) is 5.11 Å². The number of hydrogen-bond acceptors (Lipinski definition) is 2. The normalized spacial score (nSPS) is 18.1. The molecular weight excluding hydrogens is 250 g/mol. The molecule has 2 N–H and O–H groups in total. The van der Waals surface area contributed by atoms with Crippen molar-refractivity contribution < 1.29 is 9.90 Å². The molecule has 0 aromatic heterocycles. The summed E-state index contributed by atoms with van der Waals surface area (Å²) in [6.07, 6.45) is 2.41. The fourth-order valence-electron chi connectivity index (χ4n) is 2.71. The first-order chi connectivity index (χ1) is 9.74. The summed E-state index contributed by atoms with van der Waals surface area (Å²) in [4.78, 5) is 10.9. The van der Waals surface area contributed by atoms with Crippen molar-refractivity contribution in [3.05, 3.63) is 59.7 Å². The third-order valence-corrected chi connectivity index (χ3v) is 3.81. The van der Waals surface area contributed by atoms with Crippen molar-refractivity contribution in [2.75, 3.05) is 6.54 Å². The lowest BCUT2D eigenvalue weighted by Crippen LogP contribution is -2.12. The molecule has 20 heavy (non-hydrogen) atoms. The number of carboxylic acid groups (broad SMARTS) is 1. The average molecular weight is 267 g/mol. The van der Waals surface area contributed by atoms with E-state index in [0.29, 0.717) is 11.6 Å². The number of aromatic carboxylic acids is 1. The van der Waals surface area contributed by atoms with Crippen LogP contribution in [-0.2, 0) is 0 Å². The van der Waals surface area contributed by atoms with Crippen molar-refractivity contribution in [3.63, 3.8) is 0 Å². The van der Waals surface area contributed by atoms with Crippen LogP contribution in [0.5, 0.6) is 0 Å². The second kappa shape index (κ2) is 5.47. The summed E-state index contributed by atoms with van der Waals surface area (Å²) in [5, 5.41) is 12.4. The Balaban J connectivity index is 1.89. The molecule has 1 fully saturated rings. The van der Waals surface area contributed by atoms with Crippen LogP contribution < -0.4 is 5.32 Å². The van der Waals surface area contributed by atoms with Gasteiger partial charge in [-0.1, -0.05) is 30.3 Å². The maximum Gasteiger partial charge on any atom is 0.335 e. The number of rotatable bonds is 3. The molecule has 0 saturated carbocycles. The van der Waals surface area contributed by atoms with Gasteiger partial charge in [0.15, 0.2) is 0 Å². The van der Waals surface area contributed by atoms with Crippen LogP contribution in [0.2, 0.25) is 0 Å². The molecule has 2 aromatic rings. The lowest BCUT2D eigenvalue weighted by atomic mass is 9.98. The van der Waals surface area contributed by atoms with Gasteiger partial charge in [0.1, 0.15) is 0 Å². The van der Waals surface area contributed by atoms with Gasteiger partial charge in [0.05, 0.1) is 5.56 Å². The van der Waals surface area contributed by atoms with Crippen LogP contribution in [0, 0.1) is 0 Å². The number of carbonyl (C=O) groups is 1. The van der Waals surface area contributed by atoms with Gasteiger partial charge in [-0.2, -0.15) is 0 Å². The monoisotopic (exact) mass is 267 g/mol. The standard InChI is InChI=1S/C17H17NO2/c19-17(20)13-8-6-12(7-9-13)14-3-1-4-15(11-14)16-5-2-10-18-16/h1,3-4,6-9,11,16,18H,2,5,10H2,(H,19,20). The second-order valence-corrected chi connectivity index (χ2v) is 5.16. The molecule has 0 bridgehead atoms. The summed E-state index contributed by atoms with van der Waals surface area (Å²) in [6, 6.07) is 16.0. The highest BCUT2D eigenvalue weighted by molar-refractivity contribution is 5.88. The molecule has 2 aromatic carbocycles. The number of benzene rings is 2. The Morgan fingerprint density at radius 2 is 1.90 bits per heavy atom.